The molecule has 5 rings (SSSR count). The maximum absolute atomic E-state index is 11.3. The highest BCUT2D eigenvalue weighted by atomic mass is 16.4. The minimum Gasteiger partial charge on any atom is -0.465 e. The number of piperazine rings is 1. The standard InChI is InChI=1S/C20H20N6O2/c27-20(28)26-9-7-25(8-10-26)19-17-15(13-1-2-13)11-22-12-16(17)23-18(24-19)14-3-5-21-6-4-14/h3-6,11-13H,1-2,7-10H2,(H,27,28). The third kappa shape index (κ3) is 3.00. The summed E-state index contributed by atoms with van der Waals surface area (Å²) >= 11 is 0. The van der Waals surface area contributed by atoms with Crippen molar-refractivity contribution in [1.29, 1.82) is 0 Å². The number of carboxylic acid groups (broad SMARTS) is 1. The van der Waals surface area contributed by atoms with E-state index in [1.165, 1.54) is 23.3 Å². The van der Waals surface area contributed by atoms with Crippen molar-refractivity contribution in [3.63, 3.8) is 0 Å². The summed E-state index contributed by atoms with van der Waals surface area (Å²) in [5.41, 5.74) is 2.94. The van der Waals surface area contributed by atoms with Crippen LogP contribution in [-0.2, 0) is 0 Å². The number of aromatic nitrogens is 4. The molecule has 0 radical (unpaired) electrons. The zero-order valence-corrected chi connectivity index (χ0v) is 15.3. The molecule has 4 heterocycles. The zero-order valence-electron chi connectivity index (χ0n) is 15.3. The maximum atomic E-state index is 11.3. The van der Waals surface area contributed by atoms with Crippen LogP contribution in [0.4, 0.5) is 10.6 Å². The average Bonchev–Trinajstić information content (AvgIpc) is 3.58. The van der Waals surface area contributed by atoms with Gasteiger partial charge in [-0.15, -0.1) is 0 Å². The second-order valence-corrected chi connectivity index (χ2v) is 7.26. The minimum atomic E-state index is -0.868. The lowest BCUT2D eigenvalue weighted by Gasteiger charge is -2.34. The lowest BCUT2D eigenvalue weighted by atomic mass is 10.1. The topological polar surface area (TPSA) is 95.3 Å². The first kappa shape index (κ1) is 16.9. The van der Waals surface area contributed by atoms with Crippen LogP contribution in [0.25, 0.3) is 22.3 Å². The molecule has 8 heteroatoms. The smallest absolute Gasteiger partial charge is 0.407 e. The fraction of sp³-hybridized carbons (Fsp3) is 0.350. The molecule has 3 aromatic rings. The number of hydrogen-bond donors (Lipinski definition) is 1. The predicted molar refractivity (Wildman–Crippen MR) is 104 cm³/mol. The van der Waals surface area contributed by atoms with Gasteiger partial charge in [0.2, 0.25) is 0 Å². The predicted octanol–water partition coefficient (Wildman–Crippen LogP) is 2.76. The molecular formula is C20H20N6O2. The van der Waals surface area contributed by atoms with E-state index in [2.05, 4.69) is 14.9 Å². The normalized spacial score (nSPS) is 17.1. The van der Waals surface area contributed by atoms with Crippen molar-refractivity contribution in [2.45, 2.75) is 18.8 Å². The second kappa shape index (κ2) is 6.70. The Balaban J connectivity index is 1.63. The summed E-state index contributed by atoms with van der Waals surface area (Å²) in [5, 5.41) is 10.3. The van der Waals surface area contributed by atoms with E-state index >= 15 is 0 Å². The quantitative estimate of drug-likeness (QED) is 0.751. The summed E-state index contributed by atoms with van der Waals surface area (Å²) in [5.74, 6) is 2.04. The average molecular weight is 376 g/mol. The summed E-state index contributed by atoms with van der Waals surface area (Å²) in [6, 6.07) is 3.79. The van der Waals surface area contributed by atoms with Crippen molar-refractivity contribution < 1.29 is 9.90 Å². The highest BCUT2D eigenvalue weighted by molar-refractivity contribution is 5.94. The number of nitrogens with zero attached hydrogens (tertiary/aromatic N) is 6. The lowest BCUT2D eigenvalue weighted by molar-refractivity contribution is 0.142. The van der Waals surface area contributed by atoms with E-state index in [1.54, 1.807) is 18.6 Å². The molecule has 0 aromatic carbocycles. The van der Waals surface area contributed by atoms with Gasteiger partial charge in [0.25, 0.3) is 0 Å². The largest absolute Gasteiger partial charge is 0.465 e. The number of anilines is 1. The minimum absolute atomic E-state index is 0.468. The van der Waals surface area contributed by atoms with Crippen LogP contribution in [-0.4, -0.2) is 62.2 Å². The van der Waals surface area contributed by atoms with Crippen LogP contribution in [0.2, 0.25) is 0 Å². The van der Waals surface area contributed by atoms with Crippen LogP contribution < -0.4 is 4.90 Å². The summed E-state index contributed by atoms with van der Waals surface area (Å²) in [7, 11) is 0. The number of hydrogen-bond acceptors (Lipinski definition) is 6. The highest BCUT2D eigenvalue weighted by Gasteiger charge is 2.30. The van der Waals surface area contributed by atoms with Gasteiger partial charge in [0.1, 0.15) is 5.82 Å². The first-order valence-electron chi connectivity index (χ1n) is 9.49. The van der Waals surface area contributed by atoms with E-state index in [0.29, 0.717) is 37.9 Å². The number of fused-ring (bicyclic) bond motifs is 1. The van der Waals surface area contributed by atoms with E-state index in [0.717, 1.165) is 22.3 Å². The Morgan fingerprint density at radius 1 is 1.00 bits per heavy atom. The molecule has 2 aliphatic rings. The summed E-state index contributed by atoms with van der Waals surface area (Å²) < 4.78 is 0. The van der Waals surface area contributed by atoms with Crippen LogP contribution in [0.1, 0.15) is 24.3 Å². The number of amides is 1. The molecule has 3 aromatic heterocycles. The maximum Gasteiger partial charge on any atom is 0.407 e. The van der Waals surface area contributed by atoms with Crippen molar-refractivity contribution in [3.8, 4) is 11.4 Å². The van der Waals surface area contributed by atoms with Crippen molar-refractivity contribution in [2.75, 3.05) is 31.1 Å². The monoisotopic (exact) mass is 376 g/mol. The molecule has 28 heavy (non-hydrogen) atoms. The molecule has 1 N–H and O–H groups in total. The van der Waals surface area contributed by atoms with Gasteiger partial charge in [0.05, 0.1) is 11.7 Å². The lowest BCUT2D eigenvalue weighted by Crippen LogP contribution is -2.48. The first-order chi connectivity index (χ1) is 13.7. The Labute approximate surface area is 161 Å². The molecule has 0 unspecified atom stereocenters. The van der Waals surface area contributed by atoms with Gasteiger partial charge < -0.3 is 14.9 Å². The van der Waals surface area contributed by atoms with Gasteiger partial charge in [0, 0.05) is 55.7 Å². The summed E-state index contributed by atoms with van der Waals surface area (Å²) in [4.78, 5) is 33.1. The van der Waals surface area contributed by atoms with Gasteiger partial charge in [0.15, 0.2) is 5.82 Å². The van der Waals surface area contributed by atoms with Crippen molar-refractivity contribution in [2.24, 2.45) is 0 Å². The van der Waals surface area contributed by atoms with Gasteiger partial charge in [-0.2, -0.15) is 0 Å². The molecule has 1 saturated carbocycles. The van der Waals surface area contributed by atoms with Gasteiger partial charge in [-0.1, -0.05) is 0 Å². The van der Waals surface area contributed by atoms with E-state index in [1.807, 2.05) is 18.3 Å². The molecule has 1 aliphatic heterocycles. The third-order valence-corrected chi connectivity index (χ3v) is 5.42. The molecule has 1 amide bonds. The van der Waals surface area contributed by atoms with Crippen molar-refractivity contribution in [1.82, 2.24) is 24.8 Å². The van der Waals surface area contributed by atoms with E-state index in [4.69, 9.17) is 9.97 Å². The van der Waals surface area contributed by atoms with Crippen molar-refractivity contribution in [3.05, 3.63) is 42.5 Å². The van der Waals surface area contributed by atoms with Crippen LogP contribution in [0.3, 0.4) is 0 Å². The molecule has 0 bridgehead atoms. The van der Waals surface area contributed by atoms with Gasteiger partial charge in [-0.25, -0.2) is 14.8 Å². The molecular weight excluding hydrogens is 356 g/mol. The number of carbonyl (C=O) groups is 1. The van der Waals surface area contributed by atoms with Crippen LogP contribution in [0, 0.1) is 0 Å². The Morgan fingerprint density at radius 2 is 1.75 bits per heavy atom. The SMILES string of the molecule is O=C(O)N1CCN(c2nc(-c3ccncc3)nc3cncc(C4CC4)c23)CC1. The Kier molecular flexibility index (Phi) is 4.03. The van der Waals surface area contributed by atoms with Crippen molar-refractivity contribution >= 4 is 22.8 Å². The number of rotatable bonds is 3. The third-order valence-electron chi connectivity index (χ3n) is 5.42. The second-order valence-electron chi connectivity index (χ2n) is 7.26. The Hall–Kier alpha value is -3.29. The van der Waals surface area contributed by atoms with E-state index in [-0.39, 0.29) is 0 Å². The fourth-order valence-corrected chi connectivity index (χ4v) is 3.76. The molecule has 0 spiro atoms. The number of pyridine rings is 2. The molecule has 1 aliphatic carbocycles. The van der Waals surface area contributed by atoms with Crippen LogP contribution in [0.5, 0.6) is 0 Å². The highest BCUT2D eigenvalue weighted by Crippen LogP contribution is 2.44. The van der Waals surface area contributed by atoms with Gasteiger partial charge in [-0.05, 0) is 36.5 Å². The fourth-order valence-electron chi connectivity index (χ4n) is 3.76. The van der Waals surface area contributed by atoms with E-state index < -0.39 is 6.09 Å². The zero-order chi connectivity index (χ0) is 19.1. The Morgan fingerprint density at radius 3 is 2.43 bits per heavy atom. The van der Waals surface area contributed by atoms with E-state index in [9.17, 15) is 9.90 Å². The Bertz CT molecular complexity index is 1030. The molecule has 8 nitrogen and oxygen atoms in total. The molecule has 2 fully saturated rings. The summed E-state index contributed by atoms with van der Waals surface area (Å²) in [6.07, 6.45) is 8.66. The summed E-state index contributed by atoms with van der Waals surface area (Å²) in [6.45, 7) is 2.16. The molecule has 142 valence electrons. The molecule has 0 atom stereocenters. The van der Waals surface area contributed by atoms with Crippen LogP contribution in [0.15, 0.2) is 36.9 Å². The molecule has 1 saturated heterocycles. The van der Waals surface area contributed by atoms with Crippen LogP contribution >= 0.6 is 0 Å². The van der Waals surface area contributed by atoms with Gasteiger partial charge in [-0.3, -0.25) is 9.97 Å². The first-order valence-corrected chi connectivity index (χ1v) is 9.49. The van der Waals surface area contributed by atoms with Gasteiger partial charge >= 0.3 is 6.09 Å².